The zero-order valence-electron chi connectivity index (χ0n) is 18.8. The molecule has 3 heterocycles. The smallest absolute Gasteiger partial charge is 0.453 e. The van der Waals surface area contributed by atoms with Crippen LogP contribution in [0.4, 0.5) is 13.2 Å². The average Bonchev–Trinajstić information content (AvgIpc) is 3.47. The number of hydrogen-bond acceptors (Lipinski definition) is 6. The number of piperidine rings is 1. The molecule has 10 heteroatoms. The molecule has 0 radical (unpaired) electrons. The van der Waals surface area contributed by atoms with Crippen molar-refractivity contribution in [3.8, 4) is 11.4 Å². The van der Waals surface area contributed by atoms with Crippen molar-refractivity contribution >= 4 is 0 Å². The predicted octanol–water partition coefficient (Wildman–Crippen LogP) is 4.23. The molecule has 2 aliphatic rings. The van der Waals surface area contributed by atoms with Crippen molar-refractivity contribution in [2.45, 2.75) is 43.5 Å². The lowest BCUT2D eigenvalue weighted by molar-refractivity contribution is -0.146. The summed E-state index contributed by atoms with van der Waals surface area (Å²) in [6.45, 7) is 3.20. The van der Waals surface area contributed by atoms with E-state index in [0.29, 0.717) is 12.4 Å². The summed E-state index contributed by atoms with van der Waals surface area (Å²) in [6, 6.07) is 15.2. The van der Waals surface area contributed by atoms with Crippen LogP contribution < -0.4 is 4.74 Å². The maximum atomic E-state index is 13.3. The van der Waals surface area contributed by atoms with Gasteiger partial charge < -0.3 is 9.47 Å². The molecular weight excluding hydrogens is 447 g/mol. The van der Waals surface area contributed by atoms with Gasteiger partial charge in [0.25, 0.3) is 5.82 Å². The van der Waals surface area contributed by atoms with Crippen LogP contribution in [-0.2, 0) is 17.5 Å². The molecule has 2 atom stereocenters. The van der Waals surface area contributed by atoms with E-state index in [1.54, 1.807) is 19.2 Å². The Bertz CT molecular complexity index is 1140. The largest absolute Gasteiger partial charge is 0.496 e. The van der Waals surface area contributed by atoms with Gasteiger partial charge in [-0.1, -0.05) is 30.3 Å². The van der Waals surface area contributed by atoms with Crippen LogP contribution in [0.2, 0.25) is 0 Å². The van der Waals surface area contributed by atoms with E-state index in [9.17, 15) is 13.2 Å². The highest BCUT2D eigenvalue weighted by molar-refractivity contribution is 5.46. The van der Waals surface area contributed by atoms with E-state index in [1.165, 1.54) is 11.6 Å². The highest BCUT2D eigenvalue weighted by atomic mass is 19.4. The maximum Gasteiger partial charge on any atom is 0.453 e. The minimum absolute atomic E-state index is 0.00241. The Morgan fingerprint density at radius 2 is 2.00 bits per heavy atom. The van der Waals surface area contributed by atoms with Gasteiger partial charge in [-0.3, -0.25) is 4.90 Å². The lowest BCUT2D eigenvalue weighted by Crippen LogP contribution is -2.47. The van der Waals surface area contributed by atoms with Gasteiger partial charge in [0.2, 0.25) is 0 Å². The van der Waals surface area contributed by atoms with E-state index in [2.05, 4.69) is 32.6 Å². The maximum absolute atomic E-state index is 13.3. The molecule has 34 heavy (non-hydrogen) atoms. The molecule has 2 saturated heterocycles. The summed E-state index contributed by atoms with van der Waals surface area (Å²) >= 11 is 0. The minimum Gasteiger partial charge on any atom is -0.496 e. The molecule has 0 unspecified atom stereocenters. The third-order valence-electron chi connectivity index (χ3n) is 6.70. The van der Waals surface area contributed by atoms with Gasteiger partial charge in [-0.05, 0) is 60.0 Å². The van der Waals surface area contributed by atoms with E-state index in [-0.39, 0.29) is 17.2 Å². The monoisotopic (exact) mass is 473 g/mol. The second-order valence-corrected chi connectivity index (χ2v) is 9.03. The number of ether oxygens (including phenoxy) is 2. The van der Waals surface area contributed by atoms with Crippen LogP contribution in [0.3, 0.4) is 0 Å². The van der Waals surface area contributed by atoms with E-state index in [1.807, 2.05) is 18.2 Å². The first-order chi connectivity index (χ1) is 16.4. The van der Waals surface area contributed by atoms with Crippen molar-refractivity contribution in [2.24, 2.45) is 0 Å². The number of likely N-dealkylation sites (tertiary alicyclic amines) is 1. The summed E-state index contributed by atoms with van der Waals surface area (Å²) in [5.74, 6) is -0.544. The predicted molar refractivity (Wildman–Crippen MR) is 118 cm³/mol. The molecule has 180 valence electrons. The Hall–Kier alpha value is -2.98. The quantitative estimate of drug-likeness (QED) is 0.553. The van der Waals surface area contributed by atoms with Gasteiger partial charge >= 0.3 is 6.18 Å². The summed E-state index contributed by atoms with van der Waals surface area (Å²) in [7, 11) is 1.56. The van der Waals surface area contributed by atoms with E-state index in [4.69, 9.17) is 9.47 Å². The highest BCUT2D eigenvalue weighted by Crippen LogP contribution is 2.45. The van der Waals surface area contributed by atoms with Crippen LogP contribution in [0, 0.1) is 0 Å². The lowest BCUT2D eigenvalue weighted by atomic mass is 9.83. The number of methoxy groups -OCH3 is 1. The SMILES string of the molecule is COc1ccc(-n2nnnc2C(F)(F)F)cc1[C@H]1CO[C@]2(CCCN(Cc3ccccc3)C2)C1. The van der Waals surface area contributed by atoms with Gasteiger partial charge in [0, 0.05) is 24.6 Å². The molecule has 1 spiro atoms. The number of rotatable bonds is 5. The standard InChI is InChI=1S/C24H26F3N5O2/c1-33-21-9-8-19(32-22(24(25,26)27)28-29-30-32)12-20(21)18-13-23(34-15-18)10-5-11-31(16-23)14-17-6-3-2-4-7-17/h2-4,6-9,12,18H,5,10-11,13-16H2,1H3/t18-,23-/m1/s1. The summed E-state index contributed by atoms with van der Waals surface area (Å²) in [5, 5.41) is 9.95. The van der Waals surface area contributed by atoms with Gasteiger partial charge in [-0.15, -0.1) is 5.10 Å². The Morgan fingerprint density at radius 1 is 1.18 bits per heavy atom. The zero-order valence-corrected chi connectivity index (χ0v) is 18.8. The number of halogens is 3. The van der Waals surface area contributed by atoms with E-state index >= 15 is 0 Å². The van der Waals surface area contributed by atoms with Crippen molar-refractivity contribution in [3.05, 3.63) is 65.5 Å². The first-order valence-corrected chi connectivity index (χ1v) is 11.3. The number of aromatic nitrogens is 4. The average molecular weight is 473 g/mol. The Morgan fingerprint density at radius 3 is 2.76 bits per heavy atom. The molecule has 7 nitrogen and oxygen atoms in total. The van der Waals surface area contributed by atoms with Gasteiger partial charge in [0.15, 0.2) is 0 Å². The van der Waals surface area contributed by atoms with Crippen LogP contribution in [0.5, 0.6) is 5.75 Å². The second-order valence-electron chi connectivity index (χ2n) is 9.03. The molecular formula is C24H26F3N5O2. The highest BCUT2D eigenvalue weighted by Gasteiger charge is 2.45. The molecule has 3 aromatic rings. The zero-order chi connectivity index (χ0) is 23.8. The number of nitrogens with zero attached hydrogens (tertiary/aromatic N) is 5. The lowest BCUT2D eigenvalue weighted by Gasteiger charge is -2.40. The van der Waals surface area contributed by atoms with Crippen molar-refractivity contribution in [3.63, 3.8) is 0 Å². The Labute approximate surface area is 195 Å². The molecule has 1 aromatic heterocycles. The fourth-order valence-corrected chi connectivity index (χ4v) is 5.21. The fourth-order valence-electron chi connectivity index (χ4n) is 5.21. The Balaban J connectivity index is 1.37. The van der Waals surface area contributed by atoms with Crippen LogP contribution in [0.15, 0.2) is 48.5 Å². The molecule has 0 amide bonds. The third kappa shape index (κ3) is 4.52. The van der Waals surface area contributed by atoms with Crippen LogP contribution in [0.25, 0.3) is 5.69 Å². The number of benzene rings is 2. The number of alkyl halides is 3. The molecule has 2 fully saturated rings. The van der Waals surface area contributed by atoms with Crippen molar-refractivity contribution < 1.29 is 22.6 Å². The van der Waals surface area contributed by atoms with E-state index < -0.39 is 12.0 Å². The molecule has 0 bridgehead atoms. The molecule has 2 aliphatic heterocycles. The van der Waals surface area contributed by atoms with Crippen LogP contribution in [0.1, 0.15) is 42.1 Å². The molecule has 5 rings (SSSR count). The van der Waals surface area contributed by atoms with Gasteiger partial charge in [-0.2, -0.15) is 17.9 Å². The third-order valence-corrected chi connectivity index (χ3v) is 6.70. The topological polar surface area (TPSA) is 65.3 Å². The Kier molecular flexibility index (Phi) is 6.03. The molecule has 0 aliphatic carbocycles. The second kappa shape index (κ2) is 8.99. The van der Waals surface area contributed by atoms with Crippen molar-refractivity contribution in [2.75, 3.05) is 26.8 Å². The first kappa shape index (κ1) is 22.8. The van der Waals surface area contributed by atoms with E-state index in [0.717, 1.165) is 49.1 Å². The number of hydrogen-bond donors (Lipinski definition) is 0. The summed E-state index contributed by atoms with van der Waals surface area (Å²) in [4.78, 5) is 2.42. The van der Waals surface area contributed by atoms with Crippen LogP contribution in [-0.4, -0.2) is 57.5 Å². The van der Waals surface area contributed by atoms with Gasteiger partial charge in [-0.25, -0.2) is 0 Å². The fraction of sp³-hybridized carbons (Fsp3) is 0.458. The molecule has 0 saturated carbocycles. The first-order valence-electron chi connectivity index (χ1n) is 11.3. The summed E-state index contributed by atoms with van der Waals surface area (Å²) in [6.07, 6.45) is -1.88. The summed E-state index contributed by atoms with van der Waals surface area (Å²) < 4.78 is 52.7. The summed E-state index contributed by atoms with van der Waals surface area (Å²) in [5.41, 5.74) is 2.04. The minimum atomic E-state index is -4.66. The normalized spacial score (nSPS) is 23.5. The molecule has 0 N–H and O–H groups in total. The van der Waals surface area contributed by atoms with Crippen molar-refractivity contribution in [1.29, 1.82) is 0 Å². The number of tetrazole rings is 1. The molecule has 2 aromatic carbocycles. The van der Waals surface area contributed by atoms with Gasteiger partial charge in [0.1, 0.15) is 5.75 Å². The van der Waals surface area contributed by atoms with Crippen LogP contribution >= 0.6 is 0 Å². The van der Waals surface area contributed by atoms with Gasteiger partial charge in [0.05, 0.1) is 25.0 Å². The van der Waals surface area contributed by atoms with Crippen molar-refractivity contribution in [1.82, 2.24) is 25.1 Å².